The predicted molar refractivity (Wildman–Crippen MR) is 103 cm³/mol. The number of halogens is 2. The van der Waals surface area contributed by atoms with Gasteiger partial charge < -0.3 is 9.88 Å². The number of carbonyl (C=O) groups excluding carboxylic acids is 1. The highest BCUT2D eigenvalue weighted by molar-refractivity contribution is 8.00. The predicted octanol–water partition coefficient (Wildman–Crippen LogP) is 4.36. The molecule has 130 valence electrons. The van der Waals surface area contributed by atoms with Crippen LogP contribution < -0.4 is 5.32 Å². The summed E-state index contributed by atoms with van der Waals surface area (Å²) >= 11 is 14.9. The molecule has 0 saturated heterocycles. The Hall–Kier alpha value is -1.61. The van der Waals surface area contributed by atoms with Crippen LogP contribution in [0.2, 0.25) is 10.0 Å². The third-order valence-electron chi connectivity index (χ3n) is 3.32. The van der Waals surface area contributed by atoms with Crippen molar-refractivity contribution in [2.75, 3.05) is 5.32 Å². The fourth-order valence-electron chi connectivity index (χ4n) is 2.03. The van der Waals surface area contributed by atoms with Gasteiger partial charge in [0.25, 0.3) is 0 Å². The molecular weight excluding hydrogens is 401 g/mol. The third kappa shape index (κ3) is 4.14. The second-order valence-corrected chi connectivity index (χ2v) is 8.12. The molecule has 0 aliphatic heterocycles. The molecule has 0 radical (unpaired) electrons. The van der Waals surface area contributed by atoms with Crippen molar-refractivity contribution in [2.24, 2.45) is 7.05 Å². The number of hydrogen-bond donors (Lipinski definition) is 1. The molecule has 0 fully saturated rings. The first-order valence-electron chi connectivity index (χ1n) is 7.17. The molecule has 0 saturated carbocycles. The average Bonchev–Trinajstić information content (AvgIpc) is 3.19. The molecule has 0 bridgehead atoms. The van der Waals surface area contributed by atoms with Crippen molar-refractivity contribution in [3.05, 3.63) is 39.8 Å². The highest BCUT2D eigenvalue weighted by Crippen LogP contribution is 2.31. The number of hydrogen-bond acceptors (Lipinski definition) is 6. The summed E-state index contributed by atoms with van der Waals surface area (Å²) in [5.41, 5.74) is 0.729. The van der Waals surface area contributed by atoms with Gasteiger partial charge >= 0.3 is 0 Å². The van der Waals surface area contributed by atoms with Crippen LogP contribution in [0.25, 0.3) is 11.4 Å². The summed E-state index contributed by atoms with van der Waals surface area (Å²) < 4.78 is 1.80. The first-order chi connectivity index (χ1) is 12.0. The summed E-state index contributed by atoms with van der Waals surface area (Å²) in [6.07, 6.45) is 1.64. The Morgan fingerprint density at radius 2 is 2.16 bits per heavy atom. The molecule has 1 amide bonds. The average molecular weight is 414 g/mol. The second-order valence-electron chi connectivity index (χ2n) is 5.08. The monoisotopic (exact) mass is 413 g/mol. The summed E-state index contributed by atoms with van der Waals surface area (Å²) in [5, 5.41) is 14.8. The topological polar surface area (TPSA) is 72.7 Å². The van der Waals surface area contributed by atoms with Gasteiger partial charge in [0.1, 0.15) is 0 Å². The lowest BCUT2D eigenvalue weighted by Gasteiger charge is -2.10. The molecule has 0 unspecified atom stereocenters. The van der Waals surface area contributed by atoms with Crippen LogP contribution in [0.5, 0.6) is 0 Å². The summed E-state index contributed by atoms with van der Waals surface area (Å²) in [6.45, 7) is 1.80. The van der Waals surface area contributed by atoms with Crippen LogP contribution in [0.4, 0.5) is 5.13 Å². The molecule has 3 rings (SSSR count). The highest BCUT2D eigenvalue weighted by atomic mass is 35.5. The Morgan fingerprint density at radius 3 is 2.84 bits per heavy atom. The maximum atomic E-state index is 12.2. The van der Waals surface area contributed by atoms with Crippen molar-refractivity contribution in [2.45, 2.75) is 17.3 Å². The van der Waals surface area contributed by atoms with Gasteiger partial charge in [-0.25, -0.2) is 4.98 Å². The first kappa shape index (κ1) is 18.2. The molecule has 0 aliphatic carbocycles. The Labute approximate surface area is 162 Å². The minimum absolute atomic E-state index is 0.144. The van der Waals surface area contributed by atoms with E-state index in [0.717, 1.165) is 5.56 Å². The van der Waals surface area contributed by atoms with Crippen molar-refractivity contribution >= 4 is 57.3 Å². The van der Waals surface area contributed by atoms with Crippen LogP contribution in [0.15, 0.2) is 34.9 Å². The third-order valence-corrected chi connectivity index (χ3v) is 5.69. The molecular formula is C15H13Cl2N5OS2. The van der Waals surface area contributed by atoms with Gasteiger partial charge in [-0.1, -0.05) is 35.0 Å². The van der Waals surface area contributed by atoms with Gasteiger partial charge in [-0.05, 0) is 25.1 Å². The lowest BCUT2D eigenvalue weighted by atomic mass is 10.2. The largest absolute Gasteiger partial charge is 0.305 e. The van der Waals surface area contributed by atoms with E-state index in [-0.39, 0.29) is 11.2 Å². The molecule has 1 atom stereocenters. The van der Waals surface area contributed by atoms with Gasteiger partial charge in [-0.3, -0.25) is 4.79 Å². The van der Waals surface area contributed by atoms with E-state index in [1.54, 1.807) is 41.3 Å². The zero-order chi connectivity index (χ0) is 18.0. The van der Waals surface area contributed by atoms with Crippen LogP contribution in [-0.2, 0) is 11.8 Å². The van der Waals surface area contributed by atoms with Crippen LogP contribution in [0.1, 0.15) is 6.92 Å². The second kappa shape index (κ2) is 7.74. The molecule has 2 heterocycles. The number of nitrogens with zero attached hydrogens (tertiary/aromatic N) is 4. The maximum absolute atomic E-state index is 12.2. The number of thioether (sulfide) groups is 1. The molecule has 0 spiro atoms. The number of nitrogens with one attached hydrogen (secondary N) is 1. The maximum Gasteiger partial charge on any atom is 0.239 e. The van der Waals surface area contributed by atoms with E-state index in [1.165, 1.54) is 23.1 Å². The van der Waals surface area contributed by atoms with E-state index in [4.69, 9.17) is 23.2 Å². The summed E-state index contributed by atoms with van der Waals surface area (Å²) in [7, 11) is 1.83. The molecule has 1 N–H and O–H groups in total. The number of amides is 1. The van der Waals surface area contributed by atoms with Gasteiger partial charge in [-0.15, -0.1) is 21.5 Å². The zero-order valence-electron chi connectivity index (χ0n) is 13.2. The summed E-state index contributed by atoms with van der Waals surface area (Å²) in [6, 6.07) is 5.19. The minimum Gasteiger partial charge on any atom is -0.305 e. The lowest BCUT2D eigenvalue weighted by molar-refractivity contribution is -0.115. The lowest BCUT2D eigenvalue weighted by Crippen LogP contribution is -2.22. The van der Waals surface area contributed by atoms with E-state index in [9.17, 15) is 4.79 Å². The van der Waals surface area contributed by atoms with Gasteiger partial charge in [-0.2, -0.15) is 0 Å². The fourth-order valence-corrected chi connectivity index (χ4v) is 3.87. The number of aromatic nitrogens is 4. The van der Waals surface area contributed by atoms with Crippen molar-refractivity contribution in [1.82, 2.24) is 19.7 Å². The van der Waals surface area contributed by atoms with Gasteiger partial charge in [0.05, 0.1) is 10.3 Å². The van der Waals surface area contributed by atoms with Crippen molar-refractivity contribution < 1.29 is 4.79 Å². The minimum atomic E-state index is -0.361. The highest BCUT2D eigenvalue weighted by Gasteiger charge is 2.20. The number of rotatable bonds is 5. The first-order valence-corrected chi connectivity index (χ1v) is 9.69. The molecule has 25 heavy (non-hydrogen) atoms. The number of anilines is 1. The van der Waals surface area contributed by atoms with E-state index < -0.39 is 0 Å². The van der Waals surface area contributed by atoms with E-state index in [2.05, 4.69) is 20.5 Å². The quantitative estimate of drug-likeness (QED) is 0.628. The van der Waals surface area contributed by atoms with Gasteiger partial charge in [0, 0.05) is 29.2 Å². The molecule has 2 aromatic heterocycles. The number of benzene rings is 1. The van der Waals surface area contributed by atoms with Gasteiger partial charge in [0.2, 0.25) is 5.91 Å². The normalized spacial score (nSPS) is 12.2. The molecule has 6 nitrogen and oxygen atoms in total. The van der Waals surface area contributed by atoms with E-state index in [1.807, 2.05) is 7.05 Å². The van der Waals surface area contributed by atoms with Crippen LogP contribution >= 0.6 is 46.3 Å². The van der Waals surface area contributed by atoms with E-state index >= 15 is 0 Å². The van der Waals surface area contributed by atoms with Crippen molar-refractivity contribution in [3.8, 4) is 11.4 Å². The van der Waals surface area contributed by atoms with Gasteiger partial charge in [0.15, 0.2) is 16.1 Å². The molecule has 3 aromatic rings. The number of thiazole rings is 1. The number of carbonyl (C=O) groups is 1. The Bertz CT molecular complexity index is 897. The Kier molecular flexibility index (Phi) is 5.63. The zero-order valence-corrected chi connectivity index (χ0v) is 16.4. The summed E-state index contributed by atoms with van der Waals surface area (Å²) in [4.78, 5) is 16.3. The SMILES string of the molecule is C[C@H](Sc1nnc(-c2ccc(Cl)cc2Cl)n1C)C(=O)Nc1nccs1. The van der Waals surface area contributed by atoms with Crippen LogP contribution in [0.3, 0.4) is 0 Å². The molecule has 10 heteroatoms. The smallest absolute Gasteiger partial charge is 0.239 e. The van der Waals surface area contributed by atoms with Crippen LogP contribution in [-0.4, -0.2) is 30.9 Å². The Morgan fingerprint density at radius 1 is 1.36 bits per heavy atom. The van der Waals surface area contributed by atoms with Crippen LogP contribution in [0, 0.1) is 0 Å². The Balaban J connectivity index is 1.75. The van der Waals surface area contributed by atoms with Crippen molar-refractivity contribution in [1.29, 1.82) is 0 Å². The molecule has 0 aliphatic rings. The van der Waals surface area contributed by atoms with E-state index in [0.29, 0.717) is 26.2 Å². The molecule has 1 aromatic carbocycles. The van der Waals surface area contributed by atoms with Crippen molar-refractivity contribution in [3.63, 3.8) is 0 Å². The standard InChI is InChI=1S/C15H13Cl2N5OS2/c1-8(13(23)19-14-18-5-6-24-14)25-15-21-20-12(22(15)2)10-4-3-9(16)7-11(10)17/h3-8H,1-2H3,(H,18,19,23)/t8-/m0/s1. The summed E-state index contributed by atoms with van der Waals surface area (Å²) in [5.74, 6) is 0.464. The fraction of sp³-hybridized carbons (Fsp3) is 0.200.